The number of imide groups is 1. The van der Waals surface area contributed by atoms with E-state index in [2.05, 4.69) is 12.2 Å². The van der Waals surface area contributed by atoms with Crippen LogP contribution in [-0.2, 0) is 9.59 Å². The standard InChI is InChI=1S/C11H17NO2/c1-2-8-3-5-11(6-4-8)7-9(13)12-10(11)14/h8H,2-7H2,1H3,(H,12,13,14). The first-order chi connectivity index (χ1) is 6.66. The van der Waals surface area contributed by atoms with Gasteiger partial charge in [-0.05, 0) is 31.6 Å². The number of hydrogen-bond acceptors (Lipinski definition) is 2. The Kier molecular flexibility index (Phi) is 2.33. The average molecular weight is 195 g/mol. The van der Waals surface area contributed by atoms with Gasteiger partial charge in [-0.3, -0.25) is 14.9 Å². The van der Waals surface area contributed by atoms with Crippen molar-refractivity contribution >= 4 is 11.8 Å². The first-order valence-corrected chi connectivity index (χ1v) is 5.50. The molecular formula is C11H17NO2. The van der Waals surface area contributed by atoms with E-state index in [1.165, 1.54) is 6.42 Å². The number of hydrogen-bond donors (Lipinski definition) is 1. The van der Waals surface area contributed by atoms with E-state index < -0.39 is 0 Å². The van der Waals surface area contributed by atoms with E-state index in [1.807, 2.05) is 0 Å². The van der Waals surface area contributed by atoms with Crippen LogP contribution >= 0.6 is 0 Å². The summed E-state index contributed by atoms with van der Waals surface area (Å²) >= 11 is 0. The van der Waals surface area contributed by atoms with Crippen molar-refractivity contribution in [1.82, 2.24) is 5.32 Å². The maximum absolute atomic E-state index is 11.6. The van der Waals surface area contributed by atoms with Gasteiger partial charge in [0.15, 0.2) is 0 Å². The van der Waals surface area contributed by atoms with Crippen LogP contribution in [0.15, 0.2) is 0 Å². The zero-order valence-electron chi connectivity index (χ0n) is 8.64. The molecule has 1 saturated heterocycles. The van der Waals surface area contributed by atoms with Crippen LogP contribution in [0, 0.1) is 11.3 Å². The molecule has 2 aliphatic rings. The fraction of sp³-hybridized carbons (Fsp3) is 0.818. The van der Waals surface area contributed by atoms with Crippen LogP contribution in [0.5, 0.6) is 0 Å². The topological polar surface area (TPSA) is 46.2 Å². The highest BCUT2D eigenvalue weighted by atomic mass is 16.2. The Morgan fingerprint density at radius 2 is 2.00 bits per heavy atom. The summed E-state index contributed by atoms with van der Waals surface area (Å²) in [4.78, 5) is 22.8. The van der Waals surface area contributed by atoms with Crippen molar-refractivity contribution in [3.63, 3.8) is 0 Å². The molecule has 78 valence electrons. The van der Waals surface area contributed by atoms with Crippen LogP contribution in [0.4, 0.5) is 0 Å². The largest absolute Gasteiger partial charge is 0.296 e. The van der Waals surface area contributed by atoms with E-state index in [0.29, 0.717) is 6.42 Å². The van der Waals surface area contributed by atoms with E-state index in [-0.39, 0.29) is 17.2 Å². The number of amides is 2. The summed E-state index contributed by atoms with van der Waals surface area (Å²) in [6.07, 6.45) is 5.66. The smallest absolute Gasteiger partial charge is 0.233 e. The Morgan fingerprint density at radius 3 is 2.43 bits per heavy atom. The predicted molar refractivity (Wildman–Crippen MR) is 52.4 cm³/mol. The molecule has 0 unspecified atom stereocenters. The molecule has 1 spiro atoms. The Morgan fingerprint density at radius 1 is 1.36 bits per heavy atom. The predicted octanol–water partition coefficient (Wildman–Crippen LogP) is 1.62. The molecule has 0 radical (unpaired) electrons. The van der Waals surface area contributed by atoms with Gasteiger partial charge in [-0.25, -0.2) is 0 Å². The second-order valence-corrected chi connectivity index (χ2v) is 4.69. The summed E-state index contributed by atoms with van der Waals surface area (Å²) in [6, 6.07) is 0. The second kappa shape index (κ2) is 3.37. The zero-order valence-corrected chi connectivity index (χ0v) is 8.64. The van der Waals surface area contributed by atoms with Gasteiger partial charge < -0.3 is 0 Å². The highest BCUT2D eigenvalue weighted by Crippen LogP contribution is 2.44. The maximum atomic E-state index is 11.6. The third-order valence-electron chi connectivity index (χ3n) is 3.87. The summed E-state index contributed by atoms with van der Waals surface area (Å²) in [7, 11) is 0. The molecule has 2 amide bonds. The number of carbonyl (C=O) groups is 2. The summed E-state index contributed by atoms with van der Waals surface area (Å²) in [5.74, 6) is 0.672. The molecule has 1 aliphatic carbocycles. The van der Waals surface area contributed by atoms with Crippen molar-refractivity contribution in [1.29, 1.82) is 0 Å². The third-order valence-corrected chi connectivity index (χ3v) is 3.87. The van der Waals surface area contributed by atoms with Crippen molar-refractivity contribution in [2.24, 2.45) is 11.3 Å². The van der Waals surface area contributed by atoms with Gasteiger partial charge >= 0.3 is 0 Å². The second-order valence-electron chi connectivity index (χ2n) is 4.69. The fourth-order valence-corrected chi connectivity index (χ4v) is 2.73. The van der Waals surface area contributed by atoms with Gasteiger partial charge in [-0.15, -0.1) is 0 Å². The third kappa shape index (κ3) is 1.45. The summed E-state index contributed by atoms with van der Waals surface area (Å²) in [5, 5.41) is 2.43. The SMILES string of the molecule is CCC1CCC2(CC1)CC(=O)NC2=O. The Labute approximate surface area is 84.2 Å². The first-order valence-electron chi connectivity index (χ1n) is 5.50. The van der Waals surface area contributed by atoms with Crippen molar-refractivity contribution in [2.75, 3.05) is 0 Å². The van der Waals surface area contributed by atoms with E-state index in [1.54, 1.807) is 0 Å². The van der Waals surface area contributed by atoms with Gasteiger partial charge in [0.25, 0.3) is 0 Å². The lowest BCUT2D eigenvalue weighted by atomic mass is 9.69. The number of carbonyl (C=O) groups excluding carboxylic acids is 2. The Balaban J connectivity index is 2.05. The lowest BCUT2D eigenvalue weighted by Gasteiger charge is -2.33. The van der Waals surface area contributed by atoms with Crippen LogP contribution in [0.2, 0.25) is 0 Å². The molecule has 0 aromatic rings. The van der Waals surface area contributed by atoms with Gasteiger partial charge in [0.05, 0.1) is 5.41 Å². The molecule has 14 heavy (non-hydrogen) atoms. The minimum atomic E-state index is -0.317. The van der Waals surface area contributed by atoms with Crippen LogP contribution in [0.3, 0.4) is 0 Å². The highest BCUT2D eigenvalue weighted by molar-refractivity contribution is 6.05. The van der Waals surface area contributed by atoms with Crippen LogP contribution in [0.25, 0.3) is 0 Å². The molecule has 3 heteroatoms. The monoisotopic (exact) mass is 195 g/mol. The van der Waals surface area contributed by atoms with E-state index >= 15 is 0 Å². The number of rotatable bonds is 1. The van der Waals surface area contributed by atoms with E-state index in [0.717, 1.165) is 31.6 Å². The molecule has 0 bridgehead atoms. The maximum Gasteiger partial charge on any atom is 0.233 e. The van der Waals surface area contributed by atoms with Crippen LogP contribution < -0.4 is 5.32 Å². The van der Waals surface area contributed by atoms with Gasteiger partial charge in [0.2, 0.25) is 11.8 Å². The normalized spacial score (nSPS) is 37.6. The van der Waals surface area contributed by atoms with Crippen molar-refractivity contribution in [2.45, 2.75) is 45.4 Å². The highest BCUT2D eigenvalue weighted by Gasteiger charge is 2.47. The van der Waals surface area contributed by atoms with Crippen LogP contribution in [-0.4, -0.2) is 11.8 Å². The van der Waals surface area contributed by atoms with Gasteiger partial charge in [-0.2, -0.15) is 0 Å². The molecular weight excluding hydrogens is 178 g/mol. The van der Waals surface area contributed by atoms with Crippen molar-refractivity contribution < 1.29 is 9.59 Å². The van der Waals surface area contributed by atoms with Gasteiger partial charge in [-0.1, -0.05) is 13.3 Å². The van der Waals surface area contributed by atoms with Crippen LogP contribution in [0.1, 0.15) is 45.4 Å². The minimum absolute atomic E-state index is 0.0166. The molecule has 1 saturated carbocycles. The Hall–Kier alpha value is -0.860. The van der Waals surface area contributed by atoms with Crippen molar-refractivity contribution in [3.8, 4) is 0 Å². The molecule has 0 atom stereocenters. The quantitative estimate of drug-likeness (QED) is 0.646. The molecule has 2 rings (SSSR count). The molecule has 0 aromatic heterocycles. The number of nitrogens with one attached hydrogen (secondary N) is 1. The summed E-state index contributed by atoms with van der Waals surface area (Å²) in [6.45, 7) is 2.20. The van der Waals surface area contributed by atoms with Gasteiger partial charge in [0, 0.05) is 6.42 Å². The average Bonchev–Trinajstić information content (AvgIpc) is 2.43. The molecule has 1 aliphatic heterocycles. The summed E-state index contributed by atoms with van der Waals surface area (Å²) < 4.78 is 0. The molecule has 1 heterocycles. The Bertz CT molecular complexity index is 264. The van der Waals surface area contributed by atoms with E-state index in [9.17, 15) is 9.59 Å². The van der Waals surface area contributed by atoms with E-state index in [4.69, 9.17) is 0 Å². The minimum Gasteiger partial charge on any atom is -0.296 e. The van der Waals surface area contributed by atoms with Gasteiger partial charge in [0.1, 0.15) is 0 Å². The lowest BCUT2D eigenvalue weighted by molar-refractivity contribution is -0.130. The molecule has 2 fully saturated rings. The fourth-order valence-electron chi connectivity index (χ4n) is 2.73. The lowest BCUT2D eigenvalue weighted by Crippen LogP contribution is -2.35. The zero-order chi connectivity index (χ0) is 10.2. The first kappa shape index (κ1) is 9.69. The van der Waals surface area contributed by atoms with Crippen molar-refractivity contribution in [3.05, 3.63) is 0 Å². The molecule has 0 aromatic carbocycles. The summed E-state index contributed by atoms with van der Waals surface area (Å²) in [5.41, 5.74) is -0.317. The molecule has 1 N–H and O–H groups in total. The molecule has 3 nitrogen and oxygen atoms in total.